The monoisotopic (exact) mass is 180 g/mol. The van der Waals surface area contributed by atoms with Crippen molar-refractivity contribution in [3.8, 4) is 0 Å². The maximum absolute atomic E-state index is 5.79. The predicted molar refractivity (Wildman–Crippen MR) is 53.1 cm³/mol. The van der Waals surface area contributed by atoms with Gasteiger partial charge in [-0.25, -0.2) is 0 Å². The minimum atomic E-state index is -0.0724. The summed E-state index contributed by atoms with van der Waals surface area (Å²) in [5.74, 6) is 0. The van der Waals surface area contributed by atoms with Gasteiger partial charge in [-0.2, -0.15) is 0 Å². The Bertz CT molecular complexity index is 263. The Kier molecular flexibility index (Phi) is 3.89. The standard InChI is InChI=1S/C10H16N2O/c1-13-7-8-3-2-4-9(5-8)10(12)6-11/h2-5,10H,6-7,11-12H2,1H3. The molecule has 1 aromatic carbocycles. The van der Waals surface area contributed by atoms with Crippen molar-refractivity contribution in [3.63, 3.8) is 0 Å². The summed E-state index contributed by atoms with van der Waals surface area (Å²) in [5, 5.41) is 0. The second kappa shape index (κ2) is 4.97. The highest BCUT2D eigenvalue weighted by Crippen LogP contribution is 2.11. The van der Waals surface area contributed by atoms with E-state index in [1.807, 2.05) is 24.3 Å². The van der Waals surface area contributed by atoms with Crippen molar-refractivity contribution in [1.29, 1.82) is 0 Å². The van der Waals surface area contributed by atoms with E-state index >= 15 is 0 Å². The molecule has 13 heavy (non-hydrogen) atoms. The molecule has 0 heterocycles. The fraction of sp³-hybridized carbons (Fsp3) is 0.400. The molecule has 0 amide bonds. The van der Waals surface area contributed by atoms with Gasteiger partial charge < -0.3 is 16.2 Å². The van der Waals surface area contributed by atoms with E-state index in [1.54, 1.807) is 7.11 Å². The second-order valence-electron chi connectivity index (χ2n) is 3.02. The molecule has 1 atom stereocenters. The Morgan fingerprint density at radius 2 is 2.23 bits per heavy atom. The summed E-state index contributed by atoms with van der Waals surface area (Å²) in [6, 6.07) is 7.92. The Labute approximate surface area is 78.7 Å². The van der Waals surface area contributed by atoms with E-state index in [-0.39, 0.29) is 6.04 Å². The van der Waals surface area contributed by atoms with Crippen LogP contribution in [0.3, 0.4) is 0 Å². The molecule has 0 aliphatic rings. The summed E-state index contributed by atoms with van der Waals surface area (Å²) in [7, 11) is 1.68. The number of rotatable bonds is 4. The predicted octanol–water partition coefficient (Wildman–Crippen LogP) is 0.792. The maximum atomic E-state index is 5.79. The van der Waals surface area contributed by atoms with Crippen LogP contribution in [0.5, 0.6) is 0 Å². The Hall–Kier alpha value is -0.900. The minimum Gasteiger partial charge on any atom is -0.380 e. The number of benzene rings is 1. The van der Waals surface area contributed by atoms with Crippen LogP contribution in [0.25, 0.3) is 0 Å². The van der Waals surface area contributed by atoms with Crippen LogP contribution in [0.15, 0.2) is 24.3 Å². The molecular weight excluding hydrogens is 164 g/mol. The van der Waals surface area contributed by atoms with Crippen LogP contribution in [0.4, 0.5) is 0 Å². The molecule has 0 fully saturated rings. The lowest BCUT2D eigenvalue weighted by molar-refractivity contribution is 0.185. The molecule has 0 spiro atoms. The first-order chi connectivity index (χ1) is 6.27. The van der Waals surface area contributed by atoms with Crippen LogP contribution in [0, 0.1) is 0 Å². The smallest absolute Gasteiger partial charge is 0.0713 e. The van der Waals surface area contributed by atoms with Crippen LogP contribution in [-0.2, 0) is 11.3 Å². The molecule has 4 N–H and O–H groups in total. The molecule has 72 valence electrons. The molecular formula is C10H16N2O. The third kappa shape index (κ3) is 2.81. The fourth-order valence-electron chi connectivity index (χ4n) is 1.22. The molecule has 1 unspecified atom stereocenters. The van der Waals surface area contributed by atoms with Crippen molar-refractivity contribution in [2.24, 2.45) is 11.5 Å². The highest BCUT2D eigenvalue weighted by molar-refractivity contribution is 5.25. The fourth-order valence-corrected chi connectivity index (χ4v) is 1.22. The second-order valence-corrected chi connectivity index (χ2v) is 3.02. The molecule has 0 aliphatic heterocycles. The molecule has 0 radical (unpaired) electrons. The highest BCUT2D eigenvalue weighted by Gasteiger charge is 2.03. The van der Waals surface area contributed by atoms with Crippen molar-refractivity contribution in [3.05, 3.63) is 35.4 Å². The molecule has 0 bridgehead atoms. The van der Waals surface area contributed by atoms with Gasteiger partial charge in [0.15, 0.2) is 0 Å². The van der Waals surface area contributed by atoms with Gasteiger partial charge in [0.25, 0.3) is 0 Å². The van der Waals surface area contributed by atoms with Crippen molar-refractivity contribution < 1.29 is 4.74 Å². The van der Waals surface area contributed by atoms with E-state index in [1.165, 1.54) is 0 Å². The molecule has 3 heteroatoms. The zero-order valence-corrected chi connectivity index (χ0v) is 7.86. The molecule has 1 rings (SSSR count). The maximum Gasteiger partial charge on any atom is 0.0713 e. The van der Waals surface area contributed by atoms with E-state index < -0.39 is 0 Å². The van der Waals surface area contributed by atoms with Crippen LogP contribution in [0.1, 0.15) is 17.2 Å². The number of ether oxygens (including phenoxy) is 1. The number of hydrogen-bond donors (Lipinski definition) is 2. The molecule has 0 aromatic heterocycles. The topological polar surface area (TPSA) is 61.3 Å². The third-order valence-corrected chi connectivity index (χ3v) is 1.94. The van der Waals surface area contributed by atoms with Gasteiger partial charge in [-0.05, 0) is 11.1 Å². The average Bonchev–Trinajstić information content (AvgIpc) is 2.18. The molecule has 0 saturated heterocycles. The van der Waals surface area contributed by atoms with Crippen molar-refractivity contribution in [2.75, 3.05) is 13.7 Å². The quantitative estimate of drug-likeness (QED) is 0.720. The van der Waals surface area contributed by atoms with Crippen molar-refractivity contribution in [1.82, 2.24) is 0 Å². The first kappa shape index (κ1) is 10.2. The zero-order chi connectivity index (χ0) is 9.68. The summed E-state index contributed by atoms with van der Waals surface area (Å²) in [6.45, 7) is 1.08. The first-order valence-corrected chi connectivity index (χ1v) is 4.31. The van der Waals surface area contributed by atoms with Crippen molar-refractivity contribution >= 4 is 0 Å². The van der Waals surface area contributed by atoms with Crippen LogP contribution in [-0.4, -0.2) is 13.7 Å². The summed E-state index contributed by atoms with van der Waals surface area (Å²) < 4.78 is 5.02. The molecule has 1 aromatic rings. The van der Waals surface area contributed by atoms with Crippen molar-refractivity contribution in [2.45, 2.75) is 12.6 Å². The lowest BCUT2D eigenvalue weighted by Crippen LogP contribution is -2.20. The Morgan fingerprint density at radius 1 is 1.46 bits per heavy atom. The number of hydrogen-bond acceptors (Lipinski definition) is 3. The van der Waals surface area contributed by atoms with Crippen LogP contribution >= 0.6 is 0 Å². The third-order valence-electron chi connectivity index (χ3n) is 1.94. The summed E-state index contributed by atoms with van der Waals surface area (Å²) in [4.78, 5) is 0. The van der Waals surface area contributed by atoms with Gasteiger partial charge in [-0.1, -0.05) is 24.3 Å². The number of nitrogens with two attached hydrogens (primary N) is 2. The summed E-state index contributed by atoms with van der Waals surface area (Å²) in [6.07, 6.45) is 0. The molecule has 3 nitrogen and oxygen atoms in total. The summed E-state index contributed by atoms with van der Waals surface area (Å²) >= 11 is 0. The van der Waals surface area contributed by atoms with E-state index in [0.29, 0.717) is 13.2 Å². The van der Waals surface area contributed by atoms with E-state index in [4.69, 9.17) is 16.2 Å². The van der Waals surface area contributed by atoms with E-state index in [2.05, 4.69) is 0 Å². The SMILES string of the molecule is COCc1cccc(C(N)CN)c1. The van der Waals surface area contributed by atoms with Gasteiger partial charge in [0.1, 0.15) is 0 Å². The van der Waals surface area contributed by atoms with Gasteiger partial charge in [-0.15, -0.1) is 0 Å². The number of methoxy groups -OCH3 is 1. The van der Waals surface area contributed by atoms with E-state index in [9.17, 15) is 0 Å². The molecule has 0 saturated carbocycles. The molecule has 0 aliphatic carbocycles. The van der Waals surface area contributed by atoms with Gasteiger partial charge in [0.05, 0.1) is 6.61 Å². The first-order valence-electron chi connectivity index (χ1n) is 4.31. The normalized spacial score (nSPS) is 12.8. The van der Waals surface area contributed by atoms with Crippen LogP contribution < -0.4 is 11.5 Å². The highest BCUT2D eigenvalue weighted by atomic mass is 16.5. The summed E-state index contributed by atoms with van der Waals surface area (Å²) in [5.41, 5.74) is 13.5. The Balaban J connectivity index is 2.78. The minimum absolute atomic E-state index is 0.0724. The van der Waals surface area contributed by atoms with Gasteiger partial charge in [-0.3, -0.25) is 0 Å². The Morgan fingerprint density at radius 3 is 2.85 bits per heavy atom. The average molecular weight is 180 g/mol. The van der Waals surface area contributed by atoms with E-state index in [0.717, 1.165) is 11.1 Å². The van der Waals surface area contributed by atoms with Crippen LogP contribution in [0.2, 0.25) is 0 Å². The van der Waals surface area contributed by atoms with Gasteiger partial charge in [0.2, 0.25) is 0 Å². The zero-order valence-electron chi connectivity index (χ0n) is 7.86. The lowest BCUT2D eigenvalue weighted by Gasteiger charge is -2.10. The largest absolute Gasteiger partial charge is 0.380 e. The van der Waals surface area contributed by atoms with Gasteiger partial charge >= 0.3 is 0 Å². The lowest BCUT2D eigenvalue weighted by atomic mass is 10.1. The van der Waals surface area contributed by atoms with Gasteiger partial charge in [0, 0.05) is 19.7 Å².